The van der Waals surface area contributed by atoms with Gasteiger partial charge in [0.2, 0.25) is 0 Å². The van der Waals surface area contributed by atoms with Crippen molar-refractivity contribution >= 4 is 27.3 Å². The van der Waals surface area contributed by atoms with E-state index in [2.05, 4.69) is 28.9 Å². The Hall–Kier alpha value is 0.140. The fourth-order valence-electron chi connectivity index (χ4n) is 5.70. The van der Waals surface area contributed by atoms with Gasteiger partial charge in [0.1, 0.15) is 0 Å². The van der Waals surface area contributed by atoms with Gasteiger partial charge < -0.3 is 5.11 Å². The average Bonchev–Trinajstić information content (AvgIpc) is 2.67. The van der Waals surface area contributed by atoms with E-state index >= 15 is 0 Å². The zero-order valence-corrected chi connectivity index (χ0v) is 14.5. The second-order valence-corrected chi connectivity index (χ2v) is 10.1. The van der Waals surface area contributed by atoms with Crippen LogP contribution in [0.15, 0.2) is 9.85 Å². The Kier molecular flexibility index (Phi) is 3.32. The summed E-state index contributed by atoms with van der Waals surface area (Å²) in [7, 11) is 0. The molecular formula is C17H23BrOS. The van der Waals surface area contributed by atoms with Crippen LogP contribution in [-0.4, -0.2) is 5.11 Å². The van der Waals surface area contributed by atoms with Crippen molar-refractivity contribution in [2.75, 3.05) is 0 Å². The molecule has 1 atom stereocenters. The van der Waals surface area contributed by atoms with Crippen molar-refractivity contribution in [2.45, 2.75) is 58.0 Å². The molecule has 4 aliphatic carbocycles. The van der Waals surface area contributed by atoms with Crippen LogP contribution in [0.4, 0.5) is 0 Å². The number of aliphatic hydroxyl groups is 1. The van der Waals surface area contributed by atoms with Gasteiger partial charge in [-0.25, -0.2) is 0 Å². The van der Waals surface area contributed by atoms with Crippen molar-refractivity contribution in [1.29, 1.82) is 0 Å². The fraction of sp³-hybridized carbons (Fsp3) is 0.765. The summed E-state index contributed by atoms with van der Waals surface area (Å²) in [6.07, 6.45) is 9.38. The summed E-state index contributed by atoms with van der Waals surface area (Å²) in [6, 6.07) is 2.17. The molecule has 1 unspecified atom stereocenters. The van der Waals surface area contributed by atoms with E-state index in [0.29, 0.717) is 5.41 Å². The lowest BCUT2D eigenvalue weighted by molar-refractivity contribution is -0.0760. The fourth-order valence-corrected chi connectivity index (χ4v) is 7.26. The molecule has 20 heavy (non-hydrogen) atoms. The van der Waals surface area contributed by atoms with Gasteiger partial charge in [0.05, 0.1) is 9.89 Å². The molecule has 1 aromatic heterocycles. The van der Waals surface area contributed by atoms with Gasteiger partial charge in [-0.05, 0) is 103 Å². The first-order valence-corrected chi connectivity index (χ1v) is 9.58. The minimum Gasteiger partial charge on any atom is -0.388 e. The number of halogens is 1. The van der Waals surface area contributed by atoms with Crippen molar-refractivity contribution in [3.63, 3.8) is 0 Å². The van der Waals surface area contributed by atoms with Crippen molar-refractivity contribution in [2.24, 2.45) is 23.2 Å². The Balaban J connectivity index is 1.53. The summed E-state index contributed by atoms with van der Waals surface area (Å²) in [6.45, 7) is 2.11. The largest absolute Gasteiger partial charge is 0.388 e. The highest BCUT2D eigenvalue weighted by Gasteiger charge is 2.51. The third kappa shape index (κ3) is 2.30. The number of hydrogen-bond acceptors (Lipinski definition) is 2. The van der Waals surface area contributed by atoms with E-state index in [1.165, 1.54) is 47.9 Å². The molecule has 0 aliphatic heterocycles. The first-order chi connectivity index (χ1) is 9.53. The van der Waals surface area contributed by atoms with Crippen LogP contribution in [0.5, 0.6) is 0 Å². The number of rotatable bonds is 3. The topological polar surface area (TPSA) is 20.2 Å². The van der Waals surface area contributed by atoms with E-state index in [1.807, 2.05) is 0 Å². The lowest BCUT2D eigenvalue weighted by atomic mass is 9.48. The summed E-state index contributed by atoms with van der Waals surface area (Å²) < 4.78 is 1.18. The van der Waals surface area contributed by atoms with Gasteiger partial charge in [-0.3, -0.25) is 0 Å². The molecule has 0 aromatic carbocycles. The smallest absolute Gasteiger partial charge is 0.0887 e. The third-order valence-corrected chi connectivity index (χ3v) is 8.23. The molecule has 1 aromatic rings. The second kappa shape index (κ2) is 4.82. The Morgan fingerprint density at radius 3 is 2.25 bits per heavy atom. The molecule has 1 heterocycles. The molecule has 0 amide bonds. The van der Waals surface area contributed by atoms with Crippen molar-refractivity contribution in [1.82, 2.24) is 0 Å². The lowest BCUT2D eigenvalue weighted by Gasteiger charge is -2.57. The standard InChI is InChI=1S/C17H23BrOS/c1-10-2-15(20-16(10)18)14(19)9-17-6-11-3-12(7-17)5-13(4-11)8-17/h2,11-14,19H,3-9H2,1H3. The van der Waals surface area contributed by atoms with Crippen molar-refractivity contribution in [3.05, 3.63) is 20.3 Å². The van der Waals surface area contributed by atoms with Crippen LogP contribution in [-0.2, 0) is 0 Å². The van der Waals surface area contributed by atoms with Gasteiger partial charge in [0.25, 0.3) is 0 Å². The molecular weight excluding hydrogens is 332 g/mol. The highest BCUT2D eigenvalue weighted by molar-refractivity contribution is 9.11. The van der Waals surface area contributed by atoms with Gasteiger partial charge in [-0.15, -0.1) is 11.3 Å². The Labute approximate surface area is 133 Å². The SMILES string of the molecule is Cc1cc(C(O)CC23CC4CC(CC(C4)C2)C3)sc1Br. The maximum Gasteiger partial charge on any atom is 0.0887 e. The van der Waals surface area contributed by atoms with Crippen LogP contribution in [0.1, 0.15) is 61.5 Å². The number of thiophene rings is 1. The lowest BCUT2D eigenvalue weighted by Crippen LogP contribution is -2.46. The highest BCUT2D eigenvalue weighted by Crippen LogP contribution is 2.62. The van der Waals surface area contributed by atoms with E-state index in [9.17, 15) is 5.11 Å². The quantitative estimate of drug-likeness (QED) is 0.763. The van der Waals surface area contributed by atoms with Crippen LogP contribution in [0.2, 0.25) is 0 Å². The molecule has 4 bridgehead atoms. The molecule has 0 radical (unpaired) electrons. The number of hydrogen-bond donors (Lipinski definition) is 1. The van der Waals surface area contributed by atoms with Gasteiger partial charge in [-0.1, -0.05) is 0 Å². The summed E-state index contributed by atoms with van der Waals surface area (Å²) in [4.78, 5) is 1.16. The van der Waals surface area contributed by atoms with E-state index in [1.54, 1.807) is 11.3 Å². The molecule has 0 spiro atoms. The zero-order valence-electron chi connectivity index (χ0n) is 12.1. The highest BCUT2D eigenvalue weighted by atomic mass is 79.9. The van der Waals surface area contributed by atoms with E-state index < -0.39 is 0 Å². The molecule has 3 heteroatoms. The zero-order chi connectivity index (χ0) is 13.9. The maximum absolute atomic E-state index is 10.7. The summed E-state index contributed by atoms with van der Waals surface area (Å²) in [5, 5.41) is 10.7. The number of aryl methyl sites for hydroxylation is 1. The Morgan fingerprint density at radius 2 is 1.80 bits per heavy atom. The summed E-state index contributed by atoms with van der Waals surface area (Å²) in [5.74, 6) is 2.93. The number of aliphatic hydroxyl groups excluding tert-OH is 1. The van der Waals surface area contributed by atoms with Crippen LogP contribution >= 0.6 is 27.3 Å². The molecule has 5 rings (SSSR count). The monoisotopic (exact) mass is 354 g/mol. The van der Waals surface area contributed by atoms with E-state index in [4.69, 9.17) is 0 Å². The minimum absolute atomic E-state index is 0.249. The normalized spacial score (nSPS) is 40.2. The van der Waals surface area contributed by atoms with E-state index in [-0.39, 0.29) is 6.10 Å². The first-order valence-electron chi connectivity index (χ1n) is 7.97. The third-order valence-electron chi connectivity index (χ3n) is 6.00. The van der Waals surface area contributed by atoms with Gasteiger partial charge >= 0.3 is 0 Å². The summed E-state index contributed by atoms with van der Waals surface area (Å²) >= 11 is 5.30. The molecule has 110 valence electrons. The van der Waals surface area contributed by atoms with Crippen LogP contribution in [0.25, 0.3) is 0 Å². The van der Waals surface area contributed by atoms with Crippen LogP contribution < -0.4 is 0 Å². The molecule has 1 N–H and O–H groups in total. The predicted molar refractivity (Wildman–Crippen MR) is 86.9 cm³/mol. The maximum atomic E-state index is 10.7. The van der Waals surface area contributed by atoms with Crippen LogP contribution in [0, 0.1) is 30.1 Å². The molecule has 0 saturated heterocycles. The summed E-state index contributed by atoms with van der Waals surface area (Å²) in [5.41, 5.74) is 1.73. The average molecular weight is 355 g/mol. The molecule has 4 fully saturated rings. The molecule has 4 aliphatic rings. The predicted octanol–water partition coefficient (Wildman–Crippen LogP) is 5.46. The van der Waals surface area contributed by atoms with Gasteiger partial charge in [0, 0.05) is 4.88 Å². The van der Waals surface area contributed by atoms with Crippen molar-refractivity contribution in [3.8, 4) is 0 Å². The van der Waals surface area contributed by atoms with E-state index in [0.717, 1.165) is 29.1 Å². The van der Waals surface area contributed by atoms with Crippen LogP contribution in [0.3, 0.4) is 0 Å². The van der Waals surface area contributed by atoms with Gasteiger partial charge in [-0.2, -0.15) is 0 Å². The first kappa shape index (κ1) is 13.8. The minimum atomic E-state index is -0.249. The van der Waals surface area contributed by atoms with Crippen molar-refractivity contribution < 1.29 is 5.11 Å². The van der Waals surface area contributed by atoms with Gasteiger partial charge in [0.15, 0.2) is 0 Å². The Morgan fingerprint density at radius 1 is 1.25 bits per heavy atom. The second-order valence-electron chi connectivity index (χ2n) is 7.74. The molecule has 4 saturated carbocycles. The Bertz CT molecular complexity index is 466. The molecule has 1 nitrogen and oxygen atoms in total.